The van der Waals surface area contributed by atoms with Gasteiger partial charge < -0.3 is 19.9 Å². The summed E-state index contributed by atoms with van der Waals surface area (Å²) in [5.41, 5.74) is -0.284. The van der Waals surface area contributed by atoms with E-state index in [2.05, 4.69) is 38.2 Å². The van der Waals surface area contributed by atoms with E-state index in [0.717, 1.165) is 38.9 Å². The number of amides is 1. The van der Waals surface area contributed by atoms with Crippen molar-refractivity contribution in [3.05, 3.63) is 0 Å². The van der Waals surface area contributed by atoms with Crippen LogP contribution in [0.1, 0.15) is 53.9 Å². The summed E-state index contributed by atoms with van der Waals surface area (Å²) in [6, 6.07) is 0.478. The number of carbonyl (C=O) groups is 1. The molecule has 1 N–H and O–H groups in total. The predicted octanol–water partition coefficient (Wildman–Crippen LogP) is 2.71. The molecule has 5 nitrogen and oxygen atoms in total. The minimum atomic E-state index is -0.420. The van der Waals surface area contributed by atoms with Crippen molar-refractivity contribution in [3.8, 4) is 0 Å². The number of likely N-dealkylation sites (N-methyl/N-ethyl adjacent to an activating group) is 1. The Morgan fingerprint density at radius 2 is 1.82 bits per heavy atom. The van der Waals surface area contributed by atoms with Crippen molar-refractivity contribution in [1.29, 1.82) is 0 Å². The van der Waals surface area contributed by atoms with Gasteiger partial charge in [-0.05, 0) is 68.0 Å². The molecule has 0 bridgehead atoms. The van der Waals surface area contributed by atoms with Crippen molar-refractivity contribution in [3.63, 3.8) is 0 Å². The highest BCUT2D eigenvalue weighted by molar-refractivity contribution is 5.68. The molecule has 0 spiro atoms. The number of hydrogen-bond acceptors (Lipinski definition) is 4. The second-order valence-corrected chi connectivity index (χ2v) is 8.18. The van der Waals surface area contributed by atoms with Gasteiger partial charge in [0.05, 0.1) is 0 Å². The van der Waals surface area contributed by atoms with Gasteiger partial charge in [-0.25, -0.2) is 4.79 Å². The average Bonchev–Trinajstić information content (AvgIpc) is 2.59. The fourth-order valence-electron chi connectivity index (χ4n) is 2.36. The first-order valence-corrected chi connectivity index (χ1v) is 8.40. The van der Waals surface area contributed by atoms with Gasteiger partial charge in [0, 0.05) is 31.2 Å². The summed E-state index contributed by atoms with van der Waals surface area (Å²) < 4.78 is 5.47. The number of ether oxygens (including phenoxy) is 1. The minimum absolute atomic E-state index is 0.136. The van der Waals surface area contributed by atoms with E-state index in [1.54, 1.807) is 0 Å². The normalized spacial score (nSPS) is 20.9. The third-order valence-electron chi connectivity index (χ3n) is 4.41. The molecule has 1 atom stereocenters. The number of rotatable bonds is 4. The molecule has 0 aliphatic carbocycles. The molecule has 1 aliphatic rings. The zero-order valence-corrected chi connectivity index (χ0v) is 15.5. The summed E-state index contributed by atoms with van der Waals surface area (Å²) in [4.78, 5) is 16.2. The number of carbonyl (C=O) groups excluding carboxylic acids is 1. The van der Waals surface area contributed by atoms with E-state index < -0.39 is 5.60 Å². The van der Waals surface area contributed by atoms with Gasteiger partial charge in [0.2, 0.25) is 0 Å². The number of likely N-dealkylation sites (tertiary alicyclic amines) is 1. The van der Waals surface area contributed by atoms with E-state index in [-0.39, 0.29) is 11.6 Å². The maximum atomic E-state index is 12.2. The Balaban J connectivity index is 2.44. The molecule has 1 saturated heterocycles. The Morgan fingerprint density at radius 3 is 2.36 bits per heavy atom. The summed E-state index contributed by atoms with van der Waals surface area (Å²) in [7, 11) is 4.22. The lowest BCUT2D eigenvalue weighted by Gasteiger charge is -2.34. The molecule has 0 aromatic carbocycles. The highest BCUT2D eigenvalue weighted by Crippen LogP contribution is 2.16. The number of nitrogens with zero attached hydrogens (tertiary/aromatic N) is 2. The van der Waals surface area contributed by atoms with Crippen LogP contribution < -0.4 is 5.32 Å². The molecule has 5 heteroatoms. The summed E-state index contributed by atoms with van der Waals surface area (Å²) >= 11 is 0. The van der Waals surface area contributed by atoms with Crippen molar-refractivity contribution >= 4 is 6.09 Å². The van der Waals surface area contributed by atoms with Gasteiger partial charge in [0.15, 0.2) is 0 Å². The lowest BCUT2D eigenvalue weighted by molar-refractivity contribution is 0.0256. The molecule has 1 unspecified atom stereocenters. The Kier molecular flexibility index (Phi) is 6.68. The smallest absolute Gasteiger partial charge is 0.410 e. The molecule has 1 amide bonds. The Labute approximate surface area is 136 Å². The SMILES string of the molecule is CN(C)C(C)(C)CNC1CCCN(C(=O)OC(C)(C)C)CC1. The van der Waals surface area contributed by atoms with Gasteiger partial charge in [0.25, 0.3) is 0 Å². The van der Waals surface area contributed by atoms with Gasteiger partial charge in [0.1, 0.15) is 5.60 Å². The van der Waals surface area contributed by atoms with E-state index in [1.807, 2.05) is 25.7 Å². The molecule has 0 aromatic rings. The van der Waals surface area contributed by atoms with Crippen molar-refractivity contribution in [2.24, 2.45) is 0 Å². The van der Waals surface area contributed by atoms with Gasteiger partial charge in [-0.1, -0.05) is 0 Å². The van der Waals surface area contributed by atoms with E-state index in [9.17, 15) is 4.79 Å². The monoisotopic (exact) mass is 313 g/mol. The molecule has 22 heavy (non-hydrogen) atoms. The van der Waals surface area contributed by atoms with E-state index in [4.69, 9.17) is 4.74 Å². The van der Waals surface area contributed by atoms with Gasteiger partial charge >= 0.3 is 6.09 Å². The second kappa shape index (κ2) is 7.64. The van der Waals surface area contributed by atoms with Crippen LogP contribution >= 0.6 is 0 Å². The number of nitrogens with one attached hydrogen (secondary N) is 1. The van der Waals surface area contributed by atoms with Gasteiger partial charge in [-0.3, -0.25) is 0 Å². The van der Waals surface area contributed by atoms with Crippen LogP contribution in [0.25, 0.3) is 0 Å². The van der Waals surface area contributed by atoms with Crippen LogP contribution in [0, 0.1) is 0 Å². The molecular formula is C17H35N3O2. The molecule has 1 heterocycles. The lowest BCUT2D eigenvalue weighted by atomic mass is 10.0. The Hall–Kier alpha value is -0.810. The van der Waals surface area contributed by atoms with Crippen molar-refractivity contribution in [2.45, 2.75) is 71.1 Å². The third kappa shape index (κ3) is 6.53. The standard InChI is InChI=1S/C17H35N3O2/c1-16(2,3)22-15(21)20-11-8-9-14(10-12-20)18-13-17(4,5)19(6)7/h14,18H,8-13H2,1-7H3. The maximum Gasteiger partial charge on any atom is 0.410 e. The van der Waals surface area contributed by atoms with Crippen molar-refractivity contribution in [2.75, 3.05) is 33.7 Å². The molecular weight excluding hydrogens is 278 g/mol. The van der Waals surface area contributed by atoms with Crippen LogP contribution in [0.15, 0.2) is 0 Å². The van der Waals surface area contributed by atoms with Crippen molar-refractivity contribution < 1.29 is 9.53 Å². The summed E-state index contributed by atoms with van der Waals surface area (Å²) in [6.45, 7) is 12.7. The topological polar surface area (TPSA) is 44.8 Å². The molecule has 1 fully saturated rings. The summed E-state index contributed by atoms with van der Waals surface area (Å²) in [6.07, 6.45) is 2.95. The molecule has 0 saturated carbocycles. The van der Waals surface area contributed by atoms with Gasteiger partial charge in [-0.2, -0.15) is 0 Å². The van der Waals surface area contributed by atoms with Gasteiger partial charge in [-0.15, -0.1) is 0 Å². The van der Waals surface area contributed by atoms with E-state index >= 15 is 0 Å². The van der Waals surface area contributed by atoms with Crippen LogP contribution in [0.4, 0.5) is 4.79 Å². The summed E-state index contributed by atoms with van der Waals surface area (Å²) in [5.74, 6) is 0. The fourth-order valence-corrected chi connectivity index (χ4v) is 2.36. The van der Waals surface area contributed by atoms with Crippen LogP contribution in [-0.4, -0.2) is 66.8 Å². The lowest BCUT2D eigenvalue weighted by Crippen LogP contribution is -2.49. The van der Waals surface area contributed by atoms with Crippen molar-refractivity contribution in [1.82, 2.24) is 15.1 Å². The summed E-state index contributed by atoms with van der Waals surface area (Å²) in [5, 5.41) is 3.67. The quantitative estimate of drug-likeness (QED) is 0.867. The minimum Gasteiger partial charge on any atom is -0.444 e. The van der Waals surface area contributed by atoms with Crippen LogP contribution in [0.2, 0.25) is 0 Å². The zero-order chi connectivity index (χ0) is 17.0. The molecule has 0 aromatic heterocycles. The van der Waals surface area contributed by atoms with Crippen LogP contribution in [0.3, 0.4) is 0 Å². The highest BCUT2D eigenvalue weighted by Gasteiger charge is 2.26. The Morgan fingerprint density at radius 1 is 1.18 bits per heavy atom. The maximum absolute atomic E-state index is 12.2. The molecule has 130 valence electrons. The average molecular weight is 313 g/mol. The third-order valence-corrected chi connectivity index (χ3v) is 4.41. The first-order valence-electron chi connectivity index (χ1n) is 8.40. The predicted molar refractivity (Wildman–Crippen MR) is 91.2 cm³/mol. The first kappa shape index (κ1) is 19.2. The number of hydrogen-bond donors (Lipinski definition) is 1. The second-order valence-electron chi connectivity index (χ2n) is 8.18. The van der Waals surface area contributed by atoms with Crippen LogP contribution in [-0.2, 0) is 4.74 Å². The van der Waals surface area contributed by atoms with E-state index in [0.29, 0.717) is 6.04 Å². The first-order chi connectivity index (χ1) is 10.0. The Bertz CT molecular complexity index is 361. The zero-order valence-electron chi connectivity index (χ0n) is 15.5. The molecule has 1 aliphatic heterocycles. The fraction of sp³-hybridized carbons (Fsp3) is 0.941. The van der Waals surface area contributed by atoms with E-state index in [1.165, 1.54) is 0 Å². The molecule has 0 radical (unpaired) electrons. The largest absolute Gasteiger partial charge is 0.444 e. The highest BCUT2D eigenvalue weighted by atomic mass is 16.6. The molecule has 1 rings (SSSR count). The van der Waals surface area contributed by atoms with Crippen LogP contribution in [0.5, 0.6) is 0 Å².